The van der Waals surface area contributed by atoms with Crippen LogP contribution in [-0.2, 0) is 6.18 Å². The Morgan fingerprint density at radius 2 is 1.76 bits per heavy atom. The number of hydrogen-bond donors (Lipinski definition) is 2. The van der Waals surface area contributed by atoms with Gasteiger partial charge in [-0.25, -0.2) is 13.8 Å². The molecular weight excluding hydrogens is 347 g/mol. The third kappa shape index (κ3) is 4.53. The summed E-state index contributed by atoms with van der Waals surface area (Å²) in [6, 6.07) is 3.82. The minimum atomic E-state index is -4.69. The van der Waals surface area contributed by atoms with Crippen LogP contribution in [-0.4, -0.2) is 35.7 Å². The fourth-order valence-electron chi connectivity index (χ4n) is 2.01. The van der Waals surface area contributed by atoms with Crippen molar-refractivity contribution in [2.24, 2.45) is 0 Å². The lowest BCUT2D eigenvalue weighted by atomic mass is 10.1. The third-order valence-corrected chi connectivity index (χ3v) is 3.25. The molecule has 0 spiro atoms. The molecule has 2 aromatic rings. The zero-order valence-electron chi connectivity index (χ0n) is 13.3. The van der Waals surface area contributed by atoms with Gasteiger partial charge >= 0.3 is 6.18 Å². The monoisotopic (exact) mass is 362 g/mol. The lowest BCUT2D eigenvalue weighted by Crippen LogP contribution is -2.20. The molecule has 0 amide bonds. The number of alkyl halides is 3. The molecule has 0 aliphatic rings. The first-order valence-electron chi connectivity index (χ1n) is 7.09. The molecule has 1 atom stereocenters. The van der Waals surface area contributed by atoms with E-state index in [0.29, 0.717) is 0 Å². The van der Waals surface area contributed by atoms with E-state index >= 15 is 0 Å². The van der Waals surface area contributed by atoms with Crippen LogP contribution in [0.2, 0.25) is 0 Å². The van der Waals surface area contributed by atoms with Crippen LogP contribution in [0.25, 0.3) is 0 Å². The summed E-state index contributed by atoms with van der Waals surface area (Å²) in [7, 11) is 2.99. The predicted octanol–water partition coefficient (Wildman–Crippen LogP) is 2.99. The molecule has 1 unspecified atom stereocenters. The number of aliphatic hydroxyl groups is 1. The van der Waals surface area contributed by atoms with E-state index in [1.165, 1.54) is 19.0 Å². The highest BCUT2D eigenvalue weighted by Gasteiger charge is 2.34. The van der Waals surface area contributed by atoms with Crippen LogP contribution in [0.3, 0.4) is 0 Å². The molecule has 2 rings (SSSR count). The number of halogens is 5. The second-order valence-corrected chi connectivity index (χ2v) is 5.36. The van der Waals surface area contributed by atoms with E-state index in [4.69, 9.17) is 0 Å². The van der Waals surface area contributed by atoms with Gasteiger partial charge < -0.3 is 15.3 Å². The van der Waals surface area contributed by atoms with Crippen molar-refractivity contribution < 1.29 is 27.1 Å². The number of benzene rings is 1. The standard InChI is InChI=1S/C15H15F5N4O/c1-24(2)12-6-11(15(18,19)20)22-14(23-12)21-7-10(25)13-8(16)4-3-5-9(13)17/h3-6,10,25H,7H2,1-2H3,(H,21,22,23). The van der Waals surface area contributed by atoms with Crippen molar-refractivity contribution in [3.63, 3.8) is 0 Å². The van der Waals surface area contributed by atoms with Gasteiger partial charge in [-0.2, -0.15) is 18.2 Å². The van der Waals surface area contributed by atoms with Gasteiger partial charge in [-0.15, -0.1) is 0 Å². The molecular formula is C15H15F5N4O. The van der Waals surface area contributed by atoms with Gasteiger partial charge in [-0.3, -0.25) is 0 Å². The van der Waals surface area contributed by atoms with Crippen molar-refractivity contribution in [1.29, 1.82) is 0 Å². The van der Waals surface area contributed by atoms with Gasteiger partial charge in [0.2, 0.25) is 5.95 Å². The second-order valence-electron chi connectivity index (χ2n) is 5.36. The second kappa shape index (κ2) is 7.18. The summed E-state index contributed by atoms with van der Waals surface area (Å²) in [6.45, 7) is -0.480. The molecule has 10 heteroatoms. The molecule has 0 radical (unpaired) electrons. The van der Waals surface area contributed by atoms with Crippen LogP contribution >= 0.6 is 0 Å². The average molecular weight is 362 g/mol. The molecule has 0 bridgehead atoms. The van der Waals surface area contributed by atoms with Crippen molar-refractivity contribution >= 4 is 11.8 Å². The highest BCUT2D eigenvalue weighted by Crippen LogP contribution is 2.30. The molecule has 1 aromatic carbocycles. The molecule has 0 saturated carbocycles. The van der Waals surface area contributed by atoms with Crippen LogP contribution in [0.4, 0.5) is 33.7 Å². The number of nitrogens with zero attached hydrogens (tertiary/aromatic N) is 3. The molecule has 0 aliphatic carbocycles. The Morgan fingerprint density at radius 1 is 1.16 bits per heavy atom. The summed E-state index contributed by atoms with van der Waals surface area (Å²) in [5.74, 6) is -2.37. The quantitative estimate of drug-likeness (QED) is 0.801. The Labute approximate surface area is 140 Å². The Balaban J connectivity index is 2.24. The van der Waals surface area contributed by atoms with Crippen LogP contribution < -0.4 is 10.2 Å². The van der Waals surface area contributed by atoms with Crippen molar-refractivity contribution in [2.45, 2.75) is 12.3 Å². The summed E-state index contributed by atoms with van der Waals surface area (Å²) < 4.78 is 65.9. The Bertz CT molecular complexity index is 731. The van der Waals surface area contributed by atoms with Crippen LogP contribution in [0.5, 0.6) is 0 Å². The summed E-state index contributed by atoms with van der Waals surface area (Å²) in [6.07, 6.45) is -6.33. The van der Waals surface area contributed by atoms with Gasteiger partial charge in [0.15, 0.2) is 5.69 Å². The zero-order valence-corrected chi connectivity index (χ0v) is 13.3. The molecule has 0 fully saturated rings. The van der Waals surface area contributed by atoms with E-state index in [1.54, 1.807) is 0 Å². The average Bonchev–Trinajstić information content (AvgIpc) is 2.51. The van der Waals surface area contributed by atoms with Gasteiger partial charge in [0, 0.05) is 26.7 Å². The molecule has 2 N–H and O–H groups in total. The summed E-state index contributed by atoms with van der Waals surface area (Å²) >= 11 is 0. The van der Waals surface area contributed by atoms with E-state index in [-0.39, 0.29) is 5.82 Å². The predicted molar refractivity (Wildman–Crippen MR) is 81.2 cm³/mol. The van der Waals surface area contributed by atoms with Crippen LogP contribution in [0.1, 0.15) is 17.4 Å². The lowest BCUT2D eigenvalue weighted by molar-refractivity contribution is -0.141. The van der Waals surface area contributed by atoms with E-state index in [9.17, 15) is 27.1 Å². The van der Waals surface area contributed by atoms with E-state index in [2.05, 4.69) is 15.3 Å². The van der Waals surface area contributed by atoms with Crippen molar-refractivity contribution in [3.8, 4) is 0 Å². The number of aromatic nitrogens is 2. The number of anilines is 2. The van der Waals surface area contributed by atoms with Crippen molar-refractivity contribution in [2.75, 3.05) is 30.9 Å². The molecule has 0 aliphatic heterocycles. The van der Waals surface area contributed by atoms with E-state index in [0.717, 1.165) is 24.3 Å². The van der Waals surface area contributed by atoms with Gasteiger partial charge in [0.05, 0.1) is 5.56 Å². The van der Waals surface area contributed by atoms with E-state index in [1.807, 2.05) is 0 Å². The number of nitrogens with one attached hydrogen (secondary N) is 1. The minimum Gasteiger partial charge on any atom is -0.386 e. The van der Waals surface area contributed by atoms with Gasteiger partial charge in [-0.05, 0) is 12.1 Å². The molecule has 1 heterocycles. The number of aliphatic hydroxyl groups excluding tert-OH is 1. The Hall–Kier alpha value is -2.49. The topological polar surface area (TPSA) is 61.3 Å². The fourth-order valence-corrected chi connectivity index (χ4v) is 2.01. The summed E-state index contributed by atoms with van der Waals surface area (Å²) in [4.78, 5) is 8.53. The van der Waals surface area contributed by atoms with E-state index < -0.39 is 47.7 Å². The lowest BCUT2D eigenvalue weighted by Gasteiger charge is -2.17. The highest BCUT2D eigenvalue weighted by atomic mass is 19.4. The zero-order chi connectivity index (χ0) is 18.8. The largest absolute Gasteiger partial charge is 0.433 e. The maximum absolute atomic E-state index is 13.6. The van der Waals surface area contributed by atoms with Gasteiger partial charge in [-0.1, -0.05) is 6.07 Å². The maximum atomic E-state index is 13.6. The SMILES string of the molecule is CN(C)c1cc(C(F)(F)F)nc(NCC(O)c2c(F)cccc2F)n1. The third-order valence-electron chi connectivity index (χ3n) is 3.25. The molecule has 1 aromatic heterocycles. The fraction of sp³-hybridized carbons (Fsp3) is 0.333. The highest BCUT2D eigenvalue weighted by molar-refractivity contribution is 5.44. The first-order valence-corrected chi connectivity index (χ1v) is 7.09. The maximum Gasteiger partial charge on any atom is 0.433 e. The van der Waals surface area contributed by atoms with Gasteiger partial charge in [0.1, 0.15) is 23.6 Å². The minimum absolute atomic E-state index is 0.0172. The molecule has 0 saturated heterocycles. The Morgan fingerprint density at radius 3 is 2.28 bits per heavy atom. The summed E-state index contributed by atoms with van der Waals surface area (Å²) in [5, 5.41) is 12.3. The van der Waals surface area contributed by atoms with Crippen molar-refractivity contribution in [1.82, 2.24) is 9.97 Å². The first kappa shape index (κ1) is 18.8. The van der Waals surface area contributed by atoms with Crippen molar-refractivity contribution in [3.05, 3.63) is 47.2 Å². The van der Waals surface area contributed by atoms with Crippen LogP contribution in [0, 0.1) is 11.6 Å². The normalized spacial score (nSPS) is 12.8. The first-order chi connectivity index (χ1) is 11.6. The summed E-state index contributed by atoms with van der Waals surface area (Å²) in [5.41, 5.74) is -1.77. The van der Waals surface area contributed by atoms with Crippen LogP contribution in [0.15, 0.2) is 24.3 Å². The smallest absolute Gasteiger partial charge is 0.386 e. The molecule has 25 heavy (non-hydrogen) atoms. The molecule has 136 valence electrons. The number of rotatable bonds is 5. The number of hydrogen-bond acceptors (Lipinski definition) is 5. The molecule has 5 nitrogen and oxygen atoms in total. The Kier molecular flexibility index (Phi) is 5.41. The van der Waals surface area contributed by atoms with Gasteiger partial charge in [0.25, 0.3) is 0 Å².